The third kappa shape index (κ3) is 2.76. The molecular formula is C13H16ClN3O. The van der Waals surface area contributed by atoms with Crippen LogP contribution in [-0.4, -0.2) is 9.78 Å². The summed E-state index contributed by atoms with van der Waals surface area (Å²) in [6.45, 7) is 4.91. The highest BCUT2D eigenvalue weighted by molar-refractivity contribution is 6.33. The van der Waals surface area contributed by atoms with Gasteiger partial charge in [0.2, 0.25) is 0 Å². The molecule has 0 bridgehead atoms. The number of aromatic nitrogens is 2. The van der Waals surface area contributed by atoms with Crippen LogP contribution >= 0.6 is 11.6 Å². The lowest BCUT2D eigenvalue weighted by Gasteiger charge is -2.08. The average molecular weight is 266 g/mol. The fourth-order valence-corrected chi connectivity index (χ4v) is 1.82. The molecule has 1 aromatic carbocycles. The minimum absolute atomic E-state index is 0.497. The molecule has 0 aliphatic heterocycles. The molecule has 0 fully saturated rings. The van der Waals surface area contributed by atoms with Crippen molar-refractivity contribution in [3.63, 3.8) is 0 Å². The molecule has 5 heteroatoms. The standard InChI is InChI=1S/C13H16ClN3O/c1-3-4-17-8-10(7-16-17)18-13-6-11(14)12(15)5-9(13)2/h5-8H,3-4,15H2,1-2H3. The Morgan fingerprint density at radius 2 is 2.22 bits per heavy atom. The first kappa shape index (κ1) is 12.8. The predicted octanol–water partition coefficient (Wildman–Crippen LogP) is 3.63. The van der Waals surface area contributed by atoms with E-state index in [4.69, 9.17) is 22.1 Å². The summed E-state index contributed by atoms with van der Waals surface area (Å²) in [7, 11) is 0. The van der Waals surface area contributed by atoms with Crippen LogP contribution in [0.4, 0.5) is 5.69 Å². The Bertz CT molecular complexity index is 551. The minimum atomic E-state index is 0.497. The number of nitrogens with two attached hydrogens (primary N) is 1. The van der Waals surface area contributed by atoms with Gasteiger partial charge < -0.3 is 10.5 Å². The van der Waals surface area contributed by atoms with Gasteiger partial charge in [0.15, 0.2) is 5.75 Å². The van der Waals surface area contributed by atoms with E-state index >= 15 is 0 Å². The lowest BCUT2D eigenvalue weighted by atomic mass is 10.2. The number of hydrogen-bond donors (Lipinski definition) is 1. The number of nitrogens with zero attached hydrogens (tertiary/aromatic N) is 2. The second-order valence-corrected chi connectivity index (χ2v) is 4.59. The second kappa shape index (κ2) is 5.31. The van der Waals surface area contributed by atoms with Crippen LogP contribution in [-0.2, 0) is 6.54 Å². The molecule has 2 rings (SSSR count). The normalized spacial score (nSPS) is 10.6. The topological polar surface area (TPSA) is 53.1 Å². The van der Waals surface area contributed by atoms with E-state index in [1.54, 1.807) is 18.3 Å². The van der Waals surface area contributed by atoms with Gasteiger partial charge >= 0.3 is 0 Å². The van der Waals surface area contributed by atoms with E-state index in [0.717, 1.165) is 18.5 Å². The van der Waals surface area contributed by atoms with Crippen LogP contribution in [0.15, 0.2) is 24.5 Å². The molecule has 96 valence electrons. The van der Waals surface area contributed by atoms with Crippen molar-refractivity contribution >= 4 is 17.3 Å². The number of benzene rings is 1. The molecule has 0 saturated heterocycles. The molecule has 0 aliphatic rings. The molecule has 2 N–H and O–H groups in total. The van der Waals surface area contributed by atoms with Crippen molar-refractivity contribution in [3.05, 3.63) is 35.1 Å². The minimum Gasteiger partial charge on any atom is -0.454 e. The highest BCUT2D eigenvalue weighted by Gasteiger charge is 2.07. The van der Waals surface area contributed by atoms with Crippen molar-refractivity contribution < 1.29 is 4.74 Å². The molecule has 1 heterocycles. The van der Waals surface area contributed by atoms with E-state index in [2.05, 4.69) is 12.0 Å². The van der Waals surface area contributed by atoms with Crippen LogP contribution in [0, 0.1) is 6.92 Å². The molecular weight excluding hydrogens is 250 g/mol. The molecule has 0 amide bonds. The lowest BCUT2D eigenvalue weighted by Crippen LogP contribution is -1.95. The summed E-state index contributed by atoms with van der Waals surface area (Å²) < 4.78 is 7.60. The maximum atomic E-state index is 5.98. The van der Waals surface area contributed by atoms with Crippen molar-refractivity contribution in [3.8, 4) is 11.5 Å². The molecule has 18 heavy (non-hydrogen) atoms. The van der Waals surface area contributed by atoms with Gasteiger partial charge in [-0.3, -0.25) is 4.68 Å². The van der Waals surface area contributed by atoms with Crippen molar-refractivity contribution in [2.75, 3.05) is 5.73 Å². The first-order valence-electron chi connectivity index (χ1n) is 5.86. The largest absolute Gasteiger partial charge is 0.454 e. The fraction of sp³-hybridized carbons (Fsp3) is 0.308. The maximum absolute atomic E-state index is 5.98. The highest BCUT2D eigenvalue weighted by Crippen LogP contribution is 2.31. The zero-order valence-electron chi connectivity index (χ0n) is 10.5. The lowest BCUT2D eigenvalue weighted by molar-refractivity contribution is 0.477. The maximum Gasteiger partial charge on any atom is 0.165 e. The first-order valence-corrected chi connectivity index (χ1v) is 6.24. The highest BCUT2D eigenvalue weighted by atomic mass is 35.5. The molecule has 0 spiro atoms. The van der Waals surface area contributed by atoms with Crippen molar-refractivity contribution in [2.45, 2.75) is 26.8 Å². The van der Waals surface area contributed by atoms with E-state index < -0.39 is 0 Å². The number of anilines is 1. The van der Waals surface area contributed by atoms with Gasteiger partial charge in [0, 0.05) is 12.6 Å². The van der Waals surface area contributed by atoms with Gasteiger partial charge in [0.1, 0.15) is 5.75 Å². The Morgan fingerprint density at radius 1 is 1.44 bits per heavy atom. The number of hydrogen-bond acceptors (Lipinski definition) is 3. The summed E-state index contributed by atoms with van der Waals surface area (Å²) in [5.74, 6) is 1.40. The summed E-state index contributed by atoms with van der Waals surface area (Å²) in [5.41, 5.74) is 7.23. The van der Waals surface area contributed by atoms with E-state index in [9.17, 15) is 0 Å². The average Bonchev–Trinajstić information content (AvgIpc) is 2.74. The first-order chi connectivity index (χ1) is 8.60. The van der Waals surface area contributed by atoms with Gasteiger partial charge in [-0.15, -0.1) is 0 Å². The van der Waals surface area contributed by atoms with Crippen LogP contribution in [0.2, 0.25) is 5.02 Å². The van der Waals surface area contributed by atoms with Crippen LogP contribution in [0.1, 0.15) is 18.9 Å². The van der Waals surface area contributed by atoms with Crippen LogP contribution in [0.5, 0.6) is 11.5 Å². The summed E-state index contributed by atoms with van der Waals surface area (Å²) in [6, 6.07) is 3.53. The van der Waals surface area contributed by atoms with Crippen molar-refractivity contribution in [2.24, 2.45) is 0 Å². The second-order valence-electron chi connectivity index (χ2n) is 4.18. The molecule has 4 nitrogen and oxygen atoms in total. The number of nitrogen functional groups attached to an aromatic ring is 1. The molecule has 0 saturated carbocycles. The van der Waals surface area contributed by atoms with Gasteiger partial charge in [-0.1, -0.05) is 18.5 Å². The Hall–Kier alpha value is -1.68. The van der Waals surface area contributed by atoms with Gasteiger partial charge in [0.05, 0.1) is 23.1 Å². The summed E-state index contributed by atoms with van der Waals surface area (Å²) in [4.78, 5) is 0. The Labute approximate surface area is 111 Å². The molecule has 2 aromatic rings. The van der Waals surface area contributed by atoms with Crippen LogP contribution < -0.4 is 10.5 Å². The molecule has 1 aromatic heterocycles. The zero-order chi connectivity index (χ0) is 13.1. The zero-order valence-corrected chi connectivity index (χ0v) is 11.2. The van der Waals surface area contributed by atoms with Gasteiger partial charge in [-0.2, -0.15) is 5.10 Å². The van der Waals surface area contributed by atoms with E-state index in [-0.39, 0.29) is 0 Å². The van der Waals surface area contributed by atoms with E-state index in [1.807, 2.05) is 17.8 Å². The molecule has 0 radical (unpaired) electrons. The predicted molar refractivity (Wildman–Crippen MR) is 73.2 cm³/mol. The van der Waals surface area contributed by atoms with Crippen molar-refractivity contribution in [1.82, 2.24) is 9.78 Å². The van der Waals surface area contributed by atoms with Gasteiger partial charge in [0.25, 0.3) is 0 Å². The Balaban J connectivity index is 2.20. The monoisotopic (exact) mass is 265 g/mol. The summed E-state index contributed by atoms with van der Waals surface area (Å²) >= 11 is 5.98. The molecule has 0 aliphatic carbocycles. The summed E-state index contributed by atoms with van der Waals surface area (Å²) in [5, 5.41) is 4.70. The fourth-order valence-electron chi connectivity index (χ4n) is 1.67. The van der Waals surface area contributed by atoms with Gasteiger partial charge in [-0.05, 0) is 25.0 Å². The van der Waals surface area contributed by atoms with E-state index in [0.29, 0.717) is 22.2 Å². The van der Waals surface area contributed by atoms with Crippen LogP contribution in [0.3, 0.4) is 0 Å². The SMILES string of the molecule is CCCn1cc(Oc2cc(Cl)c(N)cc2C)cn1. The number of aryl methyl sites for hydroxylation is 2. The van der Waals surface area contributed by atoms with Crippen LogP contribution in [0.25, 0.3) is 0 Å². The number of ether oxygens (including phenoxy) is 1. The Kier molecular flexibility index (Phi) is 3.77. The molecule has 0 unspecified atom stereocenters. The van der Waals surface area contributed by atoms with Crippen molar-refractivity contribution in [1.29, 1.82) is 0 Å². The summed E-state index contributed by atoms with van der Waals surface area (Å²) in [6.07, 6.45) is 4.60. The quantitative estimate of drug-likeness (QED) is 0.859. The Morgan fingerprint density at radius 3 is 2.94 bits per heavy atom. The number of halogens is 1. The molecule has 0 atom stereocenters. The third-order valence-corrected chi connectivity index (χ3v) is 2.91. The van der Waals surface area contributed by atoms with Gasteiger partial charge in [-0.25, -0.2) is 0 Å². The third-order valence-electron chi connectivity index (χ3n) is 2.58. The number of rotatable bonds is 4. The van der Waals surface area contributed by atoms with E-state index in [1.165, 1.54) is 0 Å². The smallest absolute Gasteiger partial charge is 0.165 e.